The maximum absolute atomic E-state index is 13.0. The zero-order chi connectivity index (χ0) is 24.2. The maximum atomic E-state index is 13.0. The molecule has 2 aromatic heterocycles. The number of ether oxygens (including phenoxy) is 1. The van der Waals surface area contributed by atoms with Gasteiger partial charge in [0.2, 0.25) is 5.82 Å². The van der Waals surface area contributed by atoms with Gasteiger partial charge in [-0.25, -0.2) is 0 Å². The molecule has 1 aliphatic carbocycles. The number of rotatable bonds is 5. The molecule has 1 saturated carbocycles. The van der Waals surface area contributed by atoms with Crippen LogP contribution in [-0.2, 0) is 6.18 Å². The van der Waals surface area contributed by atoms with Gasteiger partial charge in [0.05, 0.1) is 22.2 Å². The molecule has 0 radical (unpaired) electrons. The number of halogens is 4. The van der Waals surface area contributed by atoms with E-state index < -0.39 is 11.7 Å². The Hall–Kier alpha value is -3.85. The summed E-state index contributed by atoms with van der Waals surface area (Å²) < 4.78 is 46.7. The Bertz CT molecular complexity index is 1510. The van der Waals surface area contributed by atoms with Crippen LogP contribution < -0.4 is 4.74 Å². The fourth-order valence-corrected chi connectivity index (χ4v) is 4.39. The molecule has 0 aliphatic heterocycles. The van der Waals surface area contributed by atoms with Gasteiger partial charge in [-0.2, -0.15) is 18.4 Å². The van der Waals surface area contributed by atoms with Gasteiger partial charge in [0.25, 0.3) is 0 Å². The molecule has 3 aromatic carbocycles. The van der Waals surface area contributed by atoms with Crippen molar-refractivity contribution >= 4 is 22.5 Å². The number of aromatic nitrogens is 5. The number of benzene rings is 3. The van der Waals surface area contributed by atoms with Gasteiger partial charge in [-0.3, -0.25) is 0 Å². The highest BCUT2D eigenvalue weighted by Gasteiger charge is 2.30. The van der Waals surface area contributed by atoms with Gasteiger partial charge in [-0.1, -0.05) is 29.8 Å². The molecule has 176 valence electrons. The summed E-state index contributed by atoms with van der Waals surface area (Å²) in [7, 11) is 0. The molecule has 0 spiro atoms. The van der Waals surface area contributed by atoms with Crippen molar-refractivity contribution in [3.8, 4) is 34.1 Å². The fraction of sp³-hybridized carbons (Fsp3) is 0.160. The summed E-state index contributed by atoms with van der Waals surface area (Å²) in [5, 5.41) is 15.5. The molecule has 0 atom stereocenters. The number of H-pyrrole nitrogens is 1. The number of tetrazole rings is 1. The minimum atomic E-state index is -4.39. The van der Waals surface area contributed by atoms with Crippen LogP contribution in [0.5, 0.6) is 5.75 Å². The van der Waals surface area contributed by atoms with E-state index in [1.54, 1.807) is 0 Å². The van der Waals surface area contributed by atoms with Crippen molar-refractivity contribution in [2.45, 2.75) is 25.1 Å². The summed E-state index contributed by atoms with van der Waals surface area (Å²) in [6, 6.07) is 18.3. The van der Waals surface area contributed by atoms with Crippen molar-refractivity contribution in [3.05, 3.63) is 77.3 Å². The Balaban J connectivity index is 1.47. The first-order valence-electron chi connectivity index (χ1n) is 10.9. The predicted octanol–water partition coefficient (Wildman–Crippen LogP) is 6.69. The molecule has 0 unspecified atom stereocenters. The van der Waals surface area contributed by atoms with Gasteiger partial charge in [0.1, 0.15) is 11.4 Å². The largest absolute Gasteiger partial charge is 0.490 e. The first-order valence-corrected chi connectivity index (χ1v) is 11.3. The molecule has 0 amide bonds. The lowest BCUT2D eigenvalue weighted by atomic mass is 10.0. The van der Waals surface area contributed by atoms with Crippen molar-refractivity contribution in [2.24, 2.45) is 0 Å². The van der Waals surface area contributed by atoms with Gasteiger partial charge in [-0.15, -0.1) is 10.2 Å². The van der Waals surface area contributed by atoms with E-state index in [1.807, 2.05) is 47.0 Å². The van der Waals surface area contributed by atoms with E-state index in [9.17, 15) is 13.2 Å². The zero-order valence-corrected chi connectivity index (χ0v) is 18.8. The molecule has 1 N–H and O–H groups in total. The second kappa shape index (κ2) is 8.13. The van der Waals surface area contributed by atoms with E-state index in [0.717, 1.165) is 47.5 Å². The Kier molecular flexibility index (Phi) is 5.03. The lowest BCUT2D eigenvalue weighted by Crippen LogP contribution is -2.03. The van der Waals surface area contributed by atoms with E-state index >= 15 is 0 Å². The number of hydrogen-bond acceptors (Lipinski definition) is 4. The van der Waals surface area contributed by atoms with Crippen LogP contribution in [0.25, 0.3) is 39.2 Å². The lowest BCUT2D eigenvalue weighted by molar-refractivity contribution is -0.137. The minimum Gasteiger partial charge on any atom is -0.490 e. The van der Waals surface area contributed by atoms with Crippen LogP contribution in [0.15, 0.2) is 66.7 Å². The highest BCUT2D eigenvalue weighted by atomic mass is 35.5. The van der Waals surface area contributed by atoms with Crippen LogP contribution in [0, 0.1) is 0 Å². The summed E-state index contributed by atoms with van der Waals surface area (Å²) >= 11 is 6.84. The van der Waals surface area contributed by atoms with Crippen molar-refractivity contribution in [1.82, 2.24) is 25.2 Å². The van der Waals surface area contributed by atoms with Crippen molar-refractivity contribution in [1.29, 1.82) is 0 Å². The second-order valence-corrected chi connectivity index (χ2v) is 8.73. The van der Waals surface area contributed by atoms with Crippen LogP contribution in [0.3, 0.4) is 0 Å². The highest BCUT2D eigenvalue weighted by Crippen LogP contribution is 2.41. The smallest absolute Gasteiger partial charge is 0.416 e. The minimum absolute atomic E-state index is 0.293. The summed E-state index contributed by atoms with van der Waals surface area (Å²) in [6.45, 7) is 0. The van der Waals surface area contributed by atoms with Crippen molar-refractivity contribution < 1.29 is 17.9 Å². The summed E-state index contributed by atoms with van der Waals surface area (Å²) in [4.78, 5) is 0. The molecule has 10 heteroatoms. The third-order valence-corrected chi connectivity index (χ3v) is 6.31. The third-order valence-electron chi connectivity index (χ3n) is 5.93. The van der Waals surface area contributed by atoms with Gasteiger partial charge in [0.15, 0.2) is 0 Å². The number of nitrogens with one attached hydrogen (secondary N) is 1. The van der Waals surface area contributed by atoms with Crippen molar-refractivity contribution in [2.75, 3.05) is 0 Å². The van der Waals surface area contributed by atoms with Crippen LogP contribution in [-0.4, -0.2) is 31.3 Å². The quantitative estimate of drug-likeness (QED) is 0.295. The first-order chi connectivity index (χ1) is 16.9. The van der Waals surface area contributed by atoms with Crippen LogP contribution >= 0.6 is 11.6 Å². The number of nitrogens with zero attached hydrogens (tertiary/aromatic N) is 4. The average Bonchev–Trinajstić information content (AvgIpc) is 3.41. The number of aromatic amines is 1. The Morgan fingerprint density at radius 3 is 2.29 bits per heavy atom. The fourth-order valence-electron chi connectivity index (χ4n) is 4.06. The topological polar surface area (TPSA) is 68.6 Å². The Morgan fingerprint density at radius 1 is 0.943 bits per heavy atom. The van der Waals surface area contributed by atoms with E-state index in [2.05, 4.69) is 20.6 Å². The van der Waals surface area contributed by atoms with E-state index in [0.29, 0.717) is 33.6 Å². The SMILES string of the molecule is FC(F)(F)c1ccc(-c2ccc3c(c2)c(Cl)c(-c2nn[nH]n2)n3-c2ccc(OC3CC3)cc2)cc1. The molecule has 35 heavy (non-hydrogen) atoms. The van der Waals surface area contributed by atoms with E-state index in [1.165, 1.54) is 12.1 Å². The molecule has 1 fully saturated rings. The van der Waals surface area contributed by atoms with Crippen molar-refractivity contribution in [3.63, 3.8) is 0 Å². The van der Waals surface area contributed by atoms with Crippen LogP contribution in [0.1, 0.15) is 18.4 Å². The standard InChI is InChI=1S/C25H17ClF3N5O/c26-22-20-13-15(14-1-4-16(5-2-14)25(27,28)29)3-12-21(20)34(23(22)24-30-32-33-31-24)17-6-8-18(9-7-17)35-19-10-11-19/h1-9,12-13,19H,10-11H2,(H,30,31,32,33). The molecule has 6 rings (SSSR count). The molecular formula is C25H17ClF3N5O. The highest BCUT2D eigenvalue weighted by molar-refractivity contribution is 6.38. The van der Waals surface area contributed by atoms with E-state index in [4.69, 9.17) is 16.3 Å². The first kappa shape index (κ1) is 21.7. The lowest BCUT2D eigenvalue weighted by Gasteiger charge is -2.11. The Morgan fingerprint density at radius 2 is 1.66 bits per heavy atom. The van der Waals surface area contributed by atoms with Gasteiger partial charge >= 0.3 is 6.18 Å². The summed E-state index contributed by atoms with van der Waals surface area (Å²) in [5.74, 6) is 1.12. The molecule has 2 heterocycles. The van der Waals surface area contributed by atoms with Gasteiger partial charge in [0, 0.05) is 11.1 Å². The average molecular weight is 496 g/mol. The third kappa shape index (κ3) is 4.01. The number of fused-ring (bicyclic) bond motifs is 1. The van der Waals surface area contributed by atoms with Gasteiger partial charge < -0.3 is 9.30 Å². The van der Waals surface area contributed by atoms with E-state index in [-0.39, 0.29) is 0 Å². The zero-order valence-electron chi connectivity index (χ0n) is 18.1. The Labute approximate surface area is 202 Å². The second-order valence-electron chi connectivity index (χ2n) is 8.35. The van der Waals surface area contributed by atoms with Gasteiger partial charge in [-0.05, 0) is 77.7 Å². The molecule has 0 bridgehead atoms. The monoisotopic (exact) mass is 495 g/mol. The number of alkyl halides is 3. The predicted molar refractivity (Wildman–Crippen MR) is 126 cm³/mol. The number of hydrogen-bond donors (Lipinski definition) is 1. The molecule has 1 aliphatic rings. The van der Waals surface area contributed by atoms with Crippen LogP contribution in [0.2, 0.25) is 5.02 Å². The molecular weight excluding hydrogens is 479 g/mol. The maximum Gasteiger partial charge on any atom is 0.416 e. The molecule has 0 saturated heterocycles. The molecule has 5 aromatic rings. The normalized spacial score (nSPS) is 13.9. The summed E-state index contributed by atoms with van der Waals surface area (Å²) in [5.41, 5.74) is 2.86. The van der Waals surface area contributed by atoms with Crippen LogP contribution in [0.4, 0.5) is 13.2 Å². The summed E-state index contributed by atoms with van der Waals surface area (Å²) in [6.07, 6.45) is -1.95. The molecule has 6 nitrogen and oxygen atoms in total.